The van der Waals surface area contributed by atoms with Crippen molar-refractivity contribution in [1.82, 2.24) is 4.98 Å². The van der Waals surface area contributed by atoms with Crippen molar-refractivity contribution in [3.63, 3.8) is 0 Å². The normalized spacial score (nSPS) is 10.1. The molecular weight excluding hydrogens is 313 g/mol. The summed E-state index contributed by atoms with van der Waals surface area (Å²) in [6.45, 7) is 0.686. The van der Waals surface area contributed by atoms with Gasteiger partial charge >= 0.3 is 0 Å². The standard InChI is InChI=1S/C12H12IN3/c13-9-4-5-12(11(14)7-9)16-8-10-3-1-2-6-15-10/h1-7,16H,8,14H2. The van der Waals surface area contributed by atoms with E-state index in [4.69, 9.17) is 5.73 Å². The van der Waals surface area contributed by atoms with Crippen LogP contribution in [-0.4, -0.2) is 4.98 Å². The summed E-state index contributed by atoms with van der Waals surface area (Å²) < 4.78 is 1.14. The highest BCUT2D eigenvalue weighted by Gasteiger charge is 1.99. The Morgan fingerprint density at radius 1 is 1.25 bits per heavy atom. The van der Waals surface area contributed by atoms with Gasteiger partial charge in [0.05, 0.1) is 23.6 Å². The molecule has 1 heterocycles. The van der Waals surface area contributed by atoms with Gasteiger partial charge in [-0.25, -0.2) is 0 Å². The number of hydrogen-bond donors (Lipinski definition) is 2. The van der Waals surface area contributed by atoms with Crippen molar-refractivity contribution < 1.29 is 0 Å². The van der Waals surface area contributed by atoms with E-state index in [-0.39, 0.29) is 0 Å². The minimum absolute atomic E-state index is 0.686. The average Bonchev–Trinajstić information content (AvgIpc) is 2.29. The van der Waals surface area contributed by atoms with E-state index < -0.39 is 0 Å². The molecule has 2 aromatic rings. The Bertz CT molecular complexity index is 471. The Morgan fingerprint density at radius 2 is 2.12 bits per heavy atom. The van der Waals surface area contributed by atoms with Crippen molar-refractivity contribution >= 4 is 34.0 Å². The number of nitrogens with one attached hydrogen (secondary N) is 1. The molecule has 0 aliphatic rings. The van der Waals surface area contributed by atoms with Crippen molar-refractivity contribution in [2.75, 3.05) is 11.1 Å². The predicted octanol–water partition coefficient (Wildman–Crippen LogP) is 2.88. The number of aromatic nitrogens is 1. The summed E-state index contributed by atoms with van der Waals surface area (Å²) in [5, 5.41) is 3.27. The van der Waals surface area contributed by atoms with Crippen molar-refractivity contribution in [1.29, 1.82) is 0 Å². The second kappa shape index (κ2) is 5.16. The van der Waals surface area contributed by atoms with Gasteiger partial charge < -0.3 is 11.1 Å². The third-order valence-electron chi connectivity index (χ3n) is 2.20. The van der Waals surface area contributed by atoms with Crippen molar-refractivity contribution in [3.8, 4) is 0 Å². The van der Waals surface area contributed by atoms with Crippen LogP contribution in [-0.2, 0) is 6.54 Å². The molecule has 0 radical (unpaired) electrons. The molecule has 0 saturated heterocycles. The Balaban J connectivity index is 2.05. The minimum atomic E-state index is 0.686. The molecule has 0 spiro atoms. The molecule has 0 aliphatic carbocycles. The van der Waals surface area contributed by atoms with E-state index >= 15 is 0 Å². The van der Waals surface area contributed by atoms with Gasteiger partial charge in [0.25, 0.3) is 0 Å². The number of halogens is 1. The molecule has 1 aromatic heterocycles. The summed E-state index contributed by atoms with van der Waals surface area (Å²) in [7, 11) is 0. The smallest absolute Gasteiger partial charge is 0.0594 e. The highest BCUT2D eigenvalue weighted by Crippen LogP contribution is 2.21. The molecule has 0 fully saturated rings. The van der Waals surface area contributed by atoms with Gasteiger partial charge in [-0.1, -0.05) is 6.07 Å². The van der Waals surface area contributed by atoms with Crippen LogP contribution in [0.15, 0.2) is 42.6 Å². The van der Waals surface area contributed by atoms with Crippen molar-refractivity contribution in [2.24, 2.45) is 0 Å². The maximum Gasteiger partial charge on any atom is 0.0594 e. The van der Waals surface area contributed by atoms with Gasteiger partial charge in [0.1, 0.15) is 0 Å². The quantitative estimate of drug-likeness (QED) is 0.674. The number of nitrogens with zero attached hydrogens (tertiary/aromatic N) is 1. The van der Waals surface area contributed by atoms with Crippen LogP contribution in [0.25, 0.3) is 0 Å². The number of nitrogens with two attached hydrogens (primary N) is 1. The maximum atomic E-state index is 5.90. The predicted molar refractivity (Wildman–Crippen MR) is 75.1 cm³/mol. The summed E-state index contributed by atoms with van der Waals surface area (Å²) in [5.74, 6) is 0. The van der Waals surface area contributed by atoms with Gasteiger partial charge in [-0.15, -0.1) is 0 Å². The first-order valence-corrected chi connectivity index (χ1v) is 6.02. The number of benzene rings is 1. The molecule has 0 unspecified atom stereocenters. The van der Waals surface area contributed by atoms with Gasteiger partial charge in [-0.05, 0) is 52.9 Å². The number of anilines is 2. The molecule has 3 nitrogen and oxygen atoms in total. The molecule has 0 amide bonds. The van der Waals surface area contributed by atoms with Gasteiger partial charge in [-0.2, -0.15) is 0 Å². The molecule has 82 valence electrons. The molecule has 2 rings (SSSR count). The minimum Gasteiger partial charge on any atom is -0.397 e. The molecule has 16 heavy (non-hydrogen) atoms. The fourth-order valence-electron chi connectivity index (χ4n) is 1.38. The fraction of sp³-hybridized carbons (Fsp3) is 0.0833. The molecule has 4 heteroatoms. The third kappa shape index (κ3) is 2.85. The SMILES string of the molecule is Nc1cc(I)ccc1NCc1ccccn1. The van der Waals surface area contributed by atoms with Crippen LogP contribution in [0.2, 0.25) is 0 Å². The van der Waals surface area contributed by atoms with E-state index in [1.54, 1.807) is 6.20 Å². The Kier molecular flexibility index (Phi) is 3.61. The molecule has 0 aliphatic heterocycles. The largest absolute Gasteiger partial charge is 0.397 e. The first-order chi connectivity index (χ1) is 7.75. The molecule has 3 N–H and O–H groups in total. The first-order valence-electron chi connectivity index (χ1n) is 4.94. The third-order valence-corrected chi connectivity index (χ3v) is 2.87. The second-order valence-electron chi connectivity index (χ2n) is 3.41. The van der Waals surface area contributed by atoms with E-state index in [9.17, 15) is 0 Å². The van der Waals surface area contributed by atoms with E-state index in [2.05, 4.69) is 32.9 Å². The van der Waals surface area contributed by atoms with E-state index in [1.165, 1.54) is 0 Å². The van der Waals surface area contributed by atoms with Crippen molar-refractivity contribution in [3.05, 3.63) is 51.9 Å². The summed E-state index contributed by atoms with van der Waals surface area (Å²) in [5.41, 5.74) is 8.61. The zero-order valence-electron chi connectivity index (χ0n) is 8.65. The molecule has 0 saturated carbocycles. The van der Waals surface area contributed by atoms with Crippen LogP contribution in [0.5, 0.6) is 0 Å². The van der Waals surface area contributed by atoms with Crippen LogP contribution < -0.4 is 11.1 Å². The lowest BCUT2D eigenvalue weighted by molar-refractivity contribution is 1.05. The van der Waals surface area contributed by atoms with Crippen LogP contribution in [0, 0.1) is 3.57 Å². The lowest BCUT2D eigenvalue weighted by atomic mass is 10.2. The Labute approximate surface area is 108 Å². The average molecular weight is 325 g/mol. The molecule has 0 bridgehead atoms. The van der Waals surface area contributed by atoms with Gasteiger partial charge in [0.15, 0.2) is 0 Å². The Morgan fingerprint density at radius 3 is 2.81 bits per heavy atom. The number of rotatable bonds is 3. The monoisotopic (exact) mass is 325 g/mol. The first kappa shape index (κ1) is 11.2. The topological polar surface area (TPSA) is 50.9 Å². The fourth-order valence-corrected chi connectivity index (χ4v) is 1.90. The van der Waals surface area contributed by atoms with Gasteiger partial charge in [0, 0.05) is 9.77 Å². The second-order valence-corrected chi connectivity index (χ2v) is 4.65. The zero-order valence-corrected chi connectivity index (χ0v) is 10.8. The summed E-state index contributed by atoms with van der Waals surface area (Å²) in [6, 6.07) is 11.8. The zero-order chi connectivity index (χ0) is 11.4. The van der Waals surface area contributed by atoms with E-state index in [1.807, 2.05) is 36.4 Å². The maximum absolute atomic E-state index is 5.90. The van der Waals surface area contributed by atoms with Gasteiger partial charge in [0.2, 0.25) is 0 Å². The molecular formula is C12H12IN3. The van der Waals surface area contributed by atoms with Crippen LogP contribution in [0.3, 0.4) is 0 Å². The van der Waals surface area contributed by atoms with Crippen LogP contribution in [0.4, 0.5) is 11.4 Å². The summed E-state index contributed by atoms with van der Waals surface area (Å²) in [4.78, 5) is 4.24. The number of hydrogen-bond acceptors (Lipinski definition) is 3. The van der Waals surface area contributed by atoms with Crippen LogP contribution in [0.1, 0.15) is 5.69 Å². The summed E-state index contributed by atoms with van der Waals surface area (Å²) in [6.07, 6.45) is 1.79. The lowest BCUT2D eigenvalue weighted by Crippen LogP contribution is -2.03. The summed E-state index contributed by atoms with van der Waals surface area (Å²) >= 11 is 2.24. The highest BCUT2D eigenvalue weighted by molar-refractivity contribution is 14.1. The van der Waals surface area contributed by atoms with Crippen molar-refractivity contribution in [2.45, 2.75) is 6.54 Å². The Hall–Kier alpha value is -1.30. The molecule has 0 atom stereocenters. The highest BCUT2D eigenvalue weighted by atomic mass is 127. The van der Waals surface area contributed by atoms with E-state index in [0.29, 0.717) is 6.54 Å². The van der Waals surface area contributed by atoms with E-state index in [0.717, 1.165) is 20.6 Å². The number of pyridine rings is 1. The van der Waals surface area contributed by atoms with Gasteiger partial charge in [-0.3, -0.25) is 4.98 Å². The van der Waals surface area contributed by atoms with Crippen LogP contribution >= 0.6 is 22.6 Å². The number of nitrogen functional groups attached to an aromatic ring is 1. The lowest BCUT2D eigenvalue weighted by Gasteiger charge is -2.08. The molecule has 1 aromatic carbocycles.